The maximum atomic E-state index is 14.2. The van der Waals surface area contributed by atoms with Crippen molar-refractivity contribution in [3.63, 3.8) is 0 Å². The molecule has 0 spiro atoms. The lowest BCUT2D eigenvalue weighted by molar-refractivity contribution is -0.151. The number of piperidine rings is 1. The fourth-order valence-corrected chi connectivity index (χ4v) is 8.15. The third-order valence-corrected chi connectivity index (χ3v) is 11.2. The molecule has 2 aromatic carbocycles. The molecular formula is C42H57N7O8. The van der Waals surface area contributed by atoms with E-state index in [4.69, 9.17) is 0 Å². The van der Waals surface area contributed by atoms with Crippen LogP contribution in [0.3, 0.4) is 0 Å². The van der Waals surface area contributed by atoms with Crippen LogP contribution in [0.25, 0.3) is 0 Å². The zero-order valence-electron chi connectivity index (χ0n) is 33.6. The average molecular weight is 788 g/mol. The Balaban J connectivity index is 1.25. The molecule has 57 heavy (non-hydrogen) atoms. The highest BCUT2D eigenvalue weighted by molar-refractivity contribution is 5.98. The molecule has 3 aliphatic rings. The first kappa shape index (κ1) is 42.8. The zero-order chi connectivity index (χ0) is 41.4. The van der Waals surface area contributed by atoms with Crippen LogP contribution < -0.4 is 21.3 Å². The molecule has 5 rings (SSSR count). The minimum atomic E-state index is -1.41. The predicted molar refractivity (Wildman–Crippen MR) is 213 cm³/mol. The Morgan fingerprint density at radius 3 is 2.16 bits per heavy atom. The number of urea groups is 1. The fourth-order valence-electron chi connectivity index (χ4n) is 8.15. The van der Waals surface area contributed by atoms with Crippen molar-refractivity contribution in [3.8, 4) is 0 Å². The molecule has 15 nitrogen and oxygen atoms in total. The molecule has 15 heteroatoms. The summed E-state index contributed by atoms with van der Waals surface area (Å²) in [6.07, 6.45) is 3.20. The highest BCUT2D eigenvalue weighted by atomic mass is 16.3. The maximum absolute atomic E-state index is 14.2. The number of nitrogens with one attached hydrogen (secondary N) is 4. The monoisotopic (exact) mass is 787 g/mol. The number of aliphatic hydroxyl groups is 1. The van der Waals surface area contributed by atoms with E-state index >= 15 is 0 Å². The zero-order valence-corrected chi connectivity index (χ0v) is 33.6. The van der Waals surface area contributed by atoms with E-state index in [1.54, 1.807) is 19.1 Å². The molecule has 3 heterocycles. The van der Waals surface area contributed by atoms with Crippen molar-refractivity contribution >= 4 is 47.0 Å². The Kier molecular flexibility index (Phi) is 14.4. The second-order valence-corrected chi connectivity index (χ2v) is 15.9. The first-order chi connectivity index (χ1) is 27.2. The second kappa shape index (κ2) is 19.2. The van der Waals surface area contributed by atoms with Crippen LogP contribution in [0.1, 0.15) is 76.0 Å². The Hall–Kier alpha value is -5.31. The van der Waals surface area contributed by atoms with Gasteiger partial charge in [0.25, 0.3) is 0 Å². The van der Waals surface area contributed by atoms with Crippen LogP contribution >= 0.6 is 0 Å². The number of aliphatic hydroxyl groups excluding tert-OH is 1. The molecule has 0 unspecified atom stereocenters. The minimum absolute atomic E-state index is 0.100. The molecule has 3 fully saturated rings. The average Bonchev–Trinajstić information content (AvgIpc) is 3.84. The van der Waals surface area contributed by atoms with Crippen molar-refractivity contribution in [1.29, 1.82) is 0 Å². The second-order valence-electron chi connectivity index (χ2n) is 15.9. The topological polar surface area (TPSA) is 198 Å². The van der Waals surface area contributed by atoms with Crippen molar-refractivity contribution in [3.05, 3.63) is 65.2 Å². The molecular weight excluding hydrogens is 731 g/mol. The molecule has 5 N–H and O–H groups in total. The van der Waals surface area contributed by atoms with Crippen molar-refractivity contribution in [2.75, 3.05) is 31.6 Å². The number of carbonyl (C=O) groups is 7. The summed E-state index contributed by atoms with van der Waals surface area (Å²) < 4.78 is 0. The Labute approximate surface area is 334 Å². The number of hydrogen-bond donors (Lipinski definition) is 5. The SMILES string of the molecule is CC(=O)[C@@H]1C[C@H](C)CN1C(=O)[C@H](C)NC(=O)[C@@H]1CCCCN1C(=O)[C@@H]1CCCN1C(=O)[C@H](CO)NC(=O)[C@H](Cc1cccc(C)c1)NC(=O)Nc1ccc(C)cc1. The standard InChI is InChI=1S/C42H57N7O8/c1-25-14-16-31(17-15-25)44-42(57)46-32(22-30-11-8-10-26(2)20-30)37(52)45-33(24-50)40(55)48-19-9-13-35(48)41(56)47-18-7-6-12-34(47)38(53)43-28(4)39(54)49-23-27(3)21-36(49)29(5)51/h8,10-11,14-17,20,27-28,32-36,50H,6-7,9,12-13,18-19,21-24H2,1-5H3,(H,43,53)(H,45,52)(H2,44,46,57)/t27-,28-,32-,33-,34-,35-,36-/m0/s1. The number of nitrogens with zero attached hydrogens (tertiary/aromatic N) is 3. The Morgan fingerprint density at radius 1 is 0.772 bits per heavy atom. The molecule has 0 saturated carbocycles. The molecule has 3 aliphatic heterocycles. The lowest BCUT2D eigenvalue weighted by Gasteiger charge is -2.39. The lowest BCUT2D eigenvalue weighted by atomic mass is 9.99. The van der Waals surface area contributed by atoms with Crippen molar-refractivity contribution < 1.29 is 38.7 Å². The van der Waals surface area contributed by atoms with Gasteiger partial charge < -0.3 is 41.1 Å². The number of amides is 7. The number of hydrogen-bond acceptors (Lipinski definition) is 8. The highest BCUT2D eigenvalue weighted by Crippen LogP contribution is 2.27. The third-order valence-electron chi connectivity index (χ3n) is 11.2. The summed E-state index contributed by atoms with van der Waals surface area (Å²) in [7, 11) is 0. The van der Waals surface area contributed by atoms with E-state index in [0.717, 1.165) is 16.7 Å². The van der Waals surface area contributed by atoms with Crippen LogP contribution in [0.2, 0.25) is 0 Å². The quantitative estimate of drug-likeness (QED) is 0.204. The molecule has 7 atom stereocenters. The van der Waals surface area contributed by atoms with Gasteiger partial charge in [-0.3, -0.25) is 28.8 Å². The number of carbonyl (C=O) groups excluding carboxylic acids is 7. The minimum Gasteiger partial charge on any atom is -0.394 e. The lowest BCUT2D eigenvalue weighted by Crippen LogP contribution is -2.61. The van der Waals surface area contributed by atoms with Crippen LogP contribution in [0.15, 0.2) is 48.5 Å². The number of anilines is 1. The largest absolute Gasteiger partial charge is 0.394 e. The normalized spacial score (nSPS) is 22.2. The Morgan fingerprint density at radius 2 is 1.47 bits per heavy atom. The van der Waals surface area contributed by atoms with Gasteiger partial charge in [0.05, 0.1) is 12.6 Å². The van der Waals surface area contributed by atoms with Crippen molar-refractivity contribution in [1.82, 2.24) is 30.7 Å². The van der Waals surface area contributed by atoms with Crippen LogP contribution in [-0.2, 0) is 35.2 Å². The number of likely N-dealkylation sites (tertiary alicyclic amines) is 3. The number of ketones is 1. The van der Waals surface area contributed by atoms with Gasteiger partial charge in [0, 0.05) is 31.7 Å². The number of benzene rings is 2. The molecule has 0 bridgehead atoms. The van der Waals surface area contributed by atoms with Gasteiger partial charge in [0.2, 0.25) is 29.5 Å². The third kappa shape index (κ3) is 10.8. The van der Waals surface area contributed by atoms with Crippen LogP contribution in [-0.4, -0.2) is 124 Å². The summed E-state index contributed by atoms with van der Waals surface area (Å²) in [5.41, 5.74) is 3.26. The maximum Gasteiger partial charge on any atom is 0.319 e. The van der Waals surface area contributed by atoms with E-state index in [2.05, 4.69) is 21.3 Å². The van der Waals surface area contributed by atoms with Crippen LogP contribution in [0.5, 0.6) is 0 Å². The van der Waals surface area contributed by atoms with Crippen LogP contribution in [0.4, 0.5) is 10.5 Å². The molecule has 0 radical (unpaired) electrons. The van der Waals surface area contributed by atoms with Crippen LogP contribution in [0, 0.1) is 19.8 Å². The number of aryl methyl sites for hydroxylation is 2. The van der Waals surface area contributed by atoms with E-state index in [1.807, 2.05) is 57.2 Å². The van der Waals surface area contributed by atoms with Gasteiger partial charge in [0.15, 0.2) is 5.78 Å². The summed E-state index contributed by atoms with van der Waals surface area (Å²) >= 11 is 0. The van der Waals surface area contributed by atoms with E-state index in [9.17, 15) is 38.7 Å². The van der Waals surface area contributed by atoms with Gasteiger partial charge in [0.1, 0.15) is 30.2 Å². The Bertz CT molecular complexity index is 1820. The van der Waals surface area contributed by atoms with Crippen molar-refractivity contribution in [2.24, 2.45) is 5.92 Å². The van der Waals surface area contributed by atoms with Crippen molar-refractivity contribution in [2.45, 2.75) is 116 Å². The summed E-state index contributed by atoms with van der Waals surface area (Å²) in [6.45, 7) is 8.99. The molecule has 0 aliphatic carbocycles. The summed E-state index contributed by atoms with van der Waals surface area (Å²) in [5, 5.41) is 21.3. The summed E-state index contributed by atoms with van der Waals surface area (Å²) in [4.78, 5) is 98.8. The van der Waals surface area contributed by atoms with E-state index in [-0.39, 0.29) is 37.1 Å². The molecule has 7 amide bonds. The summed E-state index contributed by atoms with van der Waals surface area (Å²) in [6, 6.07) is 8.20. The van der Waals surface area contributed by atoms with E-state index < -0.39 is 72.5 Å². The molecule has 308 valence electrons. The van der Waals surface area contributed by atoms with Gasteiger partial charge in [-0.05, 0) is 89.8 Å². The first-order valence-electron chi connectivity index (χ1n) is 20.0. The van der Waals surface area contributed by atoms with Gasteiger partial charge >= 0.3 is 6.03 Å². The molecule has 0 aromatic heterocycles. The smallest absolute Gasteiger partial charge is 0.319 e. The van der Waals surface area contributed by atoms with Gasteiger partial charge in [-0.25, -0.2) is 4.79 Å². The number of Topliss-reactive ketones (excluding diaryl/α,β-unsaturated/α-hetero) is 1. The number of rotatable bonds is 13. The van der Waals surface area contributed by atoms with Gasteiger partial charge in [-0.1, -0.05) is 54.4 Å². The van der Waals surface area contributed by atoms with E-state index in [1.165, 1.54) is 21.6 Å². The molecule has 3 saturated heterocycles. The fraction of sp³-hybridized carbons (Fsp3) is 0.548. The first-order valence-corrected chi connectivity index (χ1v) is 20.0. The predicted octanol–water partition coefficient (Wildman–Crippen LogP) is 2.22. The van der Waals surface area contributed by atoms with Gasteiger partial charge in [-0.15, -0.1) is 0 Å². The van der Waals surface area contributed by atoms with Gasteiger partial charge in [-0.2, -0.15) is 0 Å². The summed E-state index contributed by atoms with van der Waals surface area (Å²) in [5.74, 6) is -2.55. The molecule has 2 aromatic rings. The highest BCUT2D eigenvalue weighted by Gasteiger charge is 2.44. The van der Waals surface area contributed by atoms with E-state index in [0.29, 0.717) is 50.8 Å².